The molecule has 0 aliphatic heterocycles. The van der Waals surface area contributed by atoms with Crippen molar-refractivity contribution in [2.75, 3.05) is 60.7 Å². The molecule has 0 spiro atoms. The fraction of sp³-hybridized carbons (Fsp3) is 0.378. The number of unbranched alkanes of at least 4 members (excludes halogenated alkanes) is 2. The minimum absolute atomic E-state index is 0.115. The van der Waals surface area contributed by atoms with Crippen LogP contribution in [0.3, 0.4) is 0 Å². The Hall–Kier alpha value is -6.89. The van der Waals surface area contributed by atoms with Gasteiger partial charge in [-0.3, -0.25) is 34.1 Å². The minimum Gasteiger partial charge on any atom is -0.488 e. The van der Waals surface area contributed by atoms with Crippen molar-refractivity contribution in [2.24, 2.45) is 44.4 Å². The number of pyridine rings is 1. The third-order valence-electron chi connectivity index (χ3n) is 8.07. The maximum atomic E-state index is 14.1. The number of nitrogens with one attached hydrogen (secondary N) is 4. The molecule has 0 saturated carbocycles. The highest BCUT2D eigenvalue weighted by atomic mass is 19.4. The van der Waals surface area contributed by atoms with Gasteiger partial charge in [0.1, 0.15) is 18.9 Å². The van der Waals surface area contributed by atoms with Crippen molar-refractivity contribution in [1.29, 1.82) is 0 Å². The molecule has 4 amide bonds. The second-order valence-electron chi connectivity index (χ2n) is 13.0. The van der Waals surface area contributed by atoms with Crippen molar-refractivity contribution in [3.8, 4) is 11.5 Å². The summed E-state index contributed by atoms with van der Waals surface area (Å²) >= 11 is 0. The van der Waals surface area contributed by atoms with Crippen molar-refractivity contribution in [3.05, 3.63) is 65.0 Å². The molecule has 25 heteroatoms. The molecule has 338 valence electrons. The summed E-state index contributed by atoms with van der Waals surface area (Å²) in [6, 6.07) is 4.32. The summed E-state index contributed by atoms with van der Waals surface area (Å²) in [5.74, 6) is -4.72. The number of carbonyl (C=O) groups is 4. The highest BCUT2D eigenvalue weighted by molar-refractivity contribution is 6.09. The second kappa shape index (κ2) is 23.2. The summed E-state index contributed by atoms with van der Waals surface area (Å²) in [6.45, 7) is -0.338. The van der Waals surface area contributed by atoms with Crippen molar-refractivity contribution in [2.45, 2.75) is 50.9 Å². The van der Waals surface area contributed by atoms with Gasteiger partial charge in [-0.15, -0.1) is 0 Å². The average molecular weight is 884 g/mol. The molecule has 1 heterocycles. The van der Waals surface area contributed by atoms with Crippen LogP contribution < -0.4 is 65.1 Å². The number of nitrogens with zero attached hydrogens (tertiary/aromatic N) is 3. The fourth-order valence-electron chi connectivity index (χ4n) is 5.30. The van der Waals surface area contributed by atoms with Crippen LogP contribution in [-0.2, 0) is 21.9 Å². The number of aliphatic imine (C=N–C) groups is 2. The van der Waals surface area contributed by atoms with E-state index >= 15 is 0 Å². The Kier molecular flexibility index (Phi) is 18.5. The number of guanidine groups is 2. The molecule has 16 N–H and O–H groups in total. The standard InChI is InChI=1S/C37H47F6N13O6/c38-36(39,40)21-16-23(53-28(57)5-1-3-10-51-34(46)47)30(61-13-8-44)25(18-21)55-32(59)20-7-12-50-27(15-20)33(60)56-26-19-22(37(41,42)43)17-24(31(26)62-14-9-45)54-29(58)6-2-4-11-52-35(48)49/h7,12,15-19H,1-6,8-11,13-14,44-45H2,(H,53,57)(H,54,58)(H,55,59)(H,56,60)(H4,46,47,51)(H4,48,49,52). The number of hydrogen-bond donors (Lipinski definition) is 10. The van der Waals surface area contributed by atoms with Crippen LogP contribution in [0.1, 0.15) is 70.5 Å². The van der Waals surface area contributed by atoms with Crippen LogP contribution in [0.25, 0.3) is 0 Å². The first kappa shape index (κ1) is 49.5. The zero-order chi connectivity index (χ0) is 46.0. The highest BCUT2D eigenvalue weighted by Crippen LogP contribution is 2.43. The topological polar surface area (TPSA) is 329 Å². The maximum Gasteiger partial charge on any atom is 0.416 e. The van der Waals surface area contributed by atoms with Gasteiger partial charge in [-0.05, 0) is 62.1 Å². The molecular weight excluding hydrogens is 836 g/mol. The number of rotatable bonds is 22. The molecule has 62 heavy (non-hydrogen) atoms. The zero-order valence-corrected chi connectivity index (χ0v) is 33.0. The Labute approximate surface area is 350 Å². The molecule has 19 nitrogen and oxygen atoms in total. The van der Waals surface area contributed by atoms with Crippen LogP contribution >= 0.6 is 0 Å². The van der Waals surface area contributed by atoms with Crippen molar-refractivity contribution >= 4 is 58.3 Å². The third-order valence-corrected chi connectivity index (χ3v) is 8.07. The molecule has 0 aliphatic carbocycles. The van der Waals surface area contributed by atoms with Gasteiger partial charge >= 0.3 is 12.4 Å². The van der Waals surface area contributed by atoms with Crippen LogP contribution in [0.2, 0.25) is 0 Å². The van der Waals surface area contributed by atoms with E-state index in [4.69, 9.17) is 43.9 Å². The summed E-state index contributed by atoms with van der Waals surface area (Å²) in [4.78, 5) is 64.1. The molecule has 2 aromatic carbocycles. The zero-order valence-electron chi connectivity index (χ0n) is 33.0. The summed E-state index contributed by atoms with van der Waals surface area (Å²) in [7, 11) is 0. The molecule has 0 bridgehead atoms. The summed E-state index contributed by atoms with van der Waals surface area (Å²) in [6.07, 6.45) is -7.97. The first-order chi connectivity index (χ1) is 29.2. The monoisotopic (exact) mass is 883 g/mol. The van der Waals surface area contributed by atoms with Crippen molar-refractivity contribution in [3.63, 3.8) is 0 Å². The molecule has 0 unspecified atom stereocenters. The van der Waals surface area contributed by atoms with E-state index in [1.54, 1.807) is 0 Å². The molecule has 0 radical (unpaired) electrons. The quantitative estimate of drug-likeness (QED) is 0.0301. The van der Waals surface area contributed by atoms with Gasteiger partial charge < -0.3 is 65.1 Å². The smallest absolute Gasteiger partial charge is 0.416 e. The van der Waals surface area contributed by atoms with Crippen LogP contribution in [0.4, 0.5) is 49.1 Å². The van der Waals surface area contributed by atoms with E-state index in [0.29, 0.717) is 37.1 Å². The Morgan fingerprint density at radius 3 is 1.39 bits per heavy atom. The number of aromatic nitrogens is 1. The van der Waals surface area contributed by atoms with Crippen LogP contribution in [-0.4, -0.2) is 79.9 Å². The molecule has 3 rings (SSSR count). The van der Waals surface area contributed by atoms with Crippen LogP contribution in [0, 0.1) is 0 Å². The normalized spacial score (nSPS) is 11.2. The lowest BCUT2D eigenvalue weighted by molar-refractivity contribution is -0.138. The van der Waals surface area contributed by atoms with Crippen LogP contribution in [0.5, 0.6) is 11.5 Å². The number of alkyl halides is 6. The fourth-order valence-corrected chi connectivity index (χ4v) is 5.30. The SMILES string of the molecule is NCCOc1c(NC(=O)CCCCN=C(N)N)cc(C(F)(F)F)cc1NC(=O)c1ccnc(C(=O)Nc2cc(C(F)(F)F)cc(NC(=O)CCCCN=C(N)N)c2OCCN)c1. The number of carbonyl (C=O) groups excluding carboxylic acids is 4. The van der Waals surface area contributed by atoms with Gasteiger partial charge in [0.25, 0.3) is 11.8 Å². The number of ether oxygens (including phenoxy) is 2. The maximum absolute atomic E-state index is 14.1. The average Bonchev–Trinajstić information content (AvgIpc) is 3.18. The largest absolute Gasteiger partial charge is 0.488 e. The Morgan fingerprint density at radius 1 is 0.597 bits per heavy atom. The van der Waals surface area contributed by atoms with Crippen molar-refractivity contribution < 1.29 is 55.0 Å². The number of nitrogens with two attached hydrogens (primary N) is 6. The van der Waals surface area contributed by atoms with E-state index in [2.05, 4.69) is 36.2 Å². The molecule has 0 saturated heterocycles. The Balaban J connectivity index is 1.95. The lowest BCUT2D eigenvalue weighted by Gasteiger charge is -2.20. The third kappa shape index (κ3) is 15.9. The number of amides is 4. The highest BCUT2D eigenvalue weighted by Gasteiger charge is 2.35. The second-order valence-corrected chi connectivity index (χ2v) is 13.0. The van der Waals surface area contributed by atoms with E-state index in [1.807, 2.05) is 0 Å². The first-order valence-corrected chi connectivity index (χ1v) is 18.7. The predicted octanol–water partition coefficient (Wildman–Crippen LogP) is 3.06. The van der Waals surface area contributed by atoms with Gasteiger partial charge in [-0.25, -0.2) is 0 Å². The first-order valence-electron chi connectivity index (χ1n) is 18.7. The Morgan fingerprint density at radius 2 is 1.00 bits per heavy atom. The van der Waals surface area contributed by atoms with E-state index in [1.165, 1.54) is 0 Å². The summed E-state index contributed by atoms with van der Waals surface area (Å²) in [5, 5.41) is 9.27. The molecule has 0 fully saturated rings. The van der Waals surface area contributed by atoms with Crippen molar-refractivity contribution in [1.82, 2.24) is 4.98 Å². The Bertz CT molecular complexity index is 1970. The minimum atomic E-state index is -4.98. The van der Waals surface area contributed by atoms with E-state index in [-0.39, 0.29) is 94.1 Å². The van der Waals surface area contributed by atoms with E-state index in [9.17, 15) is 45.5 Å². The van der Waals surface area contributed by atoms with E-state index in [0.717, 1.165) is 18.3 Å². The van der Waals surface area contributed by atoms with Gasteiger partial charge in [0.15, 0.2) is 23.4 Å². The lowest BCUT2D eigenvalue weighted by Crippen LogP contribution is -2.23. The summed E-state index contributed by atoms with van der Waals surface area (Å²) < 4.78 is 95.7. The van der Waals surface area contributed by atoms with Gasteiger partial charge in [0, 0.05) is 50.8 Å². The lowest BCUT2D eigenvalue weighted by atomic mass is 10.1. The number of halogens is 6. The summed E-state index contributed by atoms with van der Waals surface area (Å²) in [5.41, 5.74) is 26.8. The molecule has 3 aromatic rings. The molecule has 1 aromatic heterocycles. The number of benzene rings is 2. The molecular formula is C37H47F6N13O6. The predicted molar refractivity (Wildman–Crippen MR) is 218 cm³/mol. The van der Waals surface area contributed by atoms with Crippen LogP contribution in [0.15, 0.2) is 52.6 Å². The van der Waals surface area contributed by atoms with Gasteiger partial charge in [0.05, 0.1) is 33.9 Å². The van der Waals surface area contributed by atoms with Gasteiger partial charge in [-0.1, -0.05) is 0 Å². The number of hydrogen-bond acceptors (Lipinski definition) is 11. The molecule has 0 aliphatic rings. The van der Waals surface area contributed by atoms with Gasteiger partial charge in [0.2, 0.25) is 11.8 Å². The van der Waals surface area contributed by atoms with Gasteiger partial charge in [-0.2, -0.15) is 26.3 Å². The number of anilines is 4. The molecule has 0 atom stereocenters. The van der Waals surface area contributed by atoms with E-state index < -0.39 is 75.6 Å².